The molecule has 0 rings (SSSR count). The molecule has 0 aliphatic rings. The standard InChI is InChI=1S/C22H44N5O9P/c1-17(2)21(22(31)25-14-19(29)26-16-36-37)27-20(30)15-24-18(28)4-6-32-8-10-34-12-13-35-11-9-33-7-5-23-3/h17,21,23H,4-16,37H2,1-3H3,(H,24,28)(H,25,31)(H,26,29)(H,27,30). The zero-order valence-electron chi connectivity index (χ0n) is 22.1. The topological polar surface area (TPSA) is 175 Å². The fraction of sp³-hybridized carbons (Fsp3) is 0.818. The first kappa shape index (κ1) is 35.1. The number of hydrogen-bond donors (Lipinski definition) is 5. The van der Waals surface area contributed by atoms with Gasteiger partial charge in [-0.1, -0.05) is 13.8 Å². The van der Waals surface area contributed by atoms with Gasteiger partial charge in [-0.3, -0.25) is 19.2 Å². The maximum Gasteiger partial charge on any atom is 0.243 e. The molecule has 5 N–H and O–H groups in total. The second kappa shape index (κ2) is 24.4. The number of carbonyl (C=O) groups is 4. The van der Waals surface area contributed by atoms with Gasteiger partial charge in [0, 0.05) is 22.4 Å². The van der Waals surface area contributed by atoms with Crippen LogP contribution in [0.5, 0.6) is 0 Å². The van der Waals surface area contributed by atoms with Gasteiger partial charge in [0.1, 0.15) is 12.8 Å². The number of rotatable bonds is 24. The van der Waals surface area contributed by atoms with Gasteiger partial charge in [-0.25, -0.2) is 0 Å². The zero-order chi connectivity index (χ0) is 27.7. The molecule has 2 unspecified atom stereocenters. The van der Waals surface area contributed by atoms with Crippen LogP contribution in [-0.2, 0) is 42.6 Å². The molecule has 0 heterocycles. The number of hydrogen-bond acceptors (Lipinski definition) is 10. The average Bonchev–Trinajstić information content (AvgIpc) is 2.87. The van der Waals surface area contributed by atoms with Gasteiger partial charge in [-0.15, -0.1) is 0 Å². The SMILES string of the molecule is CNCCOCCOCCOCCOCCC(=O)NCC(=O)NC(C(=O)NCC(=O)NCOP)C(C)C. The molecule has 0 spiro atoms. The quantitative estimate of drug-likeness (QED) is 0.0507. The molecule has 15 heteroatoms. The van der Waals surface area contributed by atoms with Crippen molar-refractivity contribution >= 4 is 33.1 Å². The molecule has 4 amide bonds. The minimum absolute atomic E-state index is 0.00780. The minimum atomic E-state index is -0.861. The summed E-state index contributed by atoms with van der Waals surface area (Å²) in [6.45, 7) is 7.23. The van der Waals surface area contributed by atoms with Crippen molar-refractivity contribution in [1.29, 1.82) is 0 Å². The van der Waals surface area contributed by atoms with Gasteiger partial charge >= 0.3 is 0 Å². The zero-order valence-corrected chi connectivity index (χ0v) is 23.3. The maximum absolute atomic E-state index is 12.3. The molecule has 0 saturated carbocycles. The highest BCUT2D eigenvalue weighted by molar-refractivity contribution is 7.09. The van der Waals surface area contributed by atoms with Crippen LogP contribution in [-0.4, -0.2) is 116 Å². The summed E-state index contributed by atoms with van der Waals surface area (Å²) in [5.74, 6) is -2.06. The highest BCUT2D eigenvalue weighted by atomic mass is 31.0. The summed E-state index contributed by atoms with van der Waals surface area (Å²) < 4.78 is 26.0. The number of amides is 4. The van der Waals surface area contributed by atoms with Crippen molar-refractivity contribution in [3.8, 4) is 0 Å². The van der Waals surface area contributed by atoms with E-state index in [9.17, 15) is 19.2 Å². The van der Waals surface area contributed by atoms with E-state index < -0.39 is 23.8 Å². The minimum Gasteiger partial charge on any atom is -0.379 e. The Morgan fingerprint density at radius 2 is 1.24 bits per heavy atom. The summed E-state index contributed by atoms with van der Waals surface area (Å²) in [5, 5.41) is 12.9. The van der Waals surface area contributed by atoms with E-state index in [-0.39, 0.29) is 44.7 Å². The molecule has 0 saturated heterocycles. The summed E-state index contributed by atoms with van der Waals surface area (Å²) in [4.78, 5) is 48.0. The Morgan fingerprint density at radius 1 is 0.703 bits per heavy atom. The number of ether oxygens (including phenoxy) is 4. The van der Waals surface area contributed by atoms with E-state index in [1.807, 2.05) is 16.5 Å². The van der Waals surface area contributed by atoms with Crippen LogP contribution in [0.1, 0.15) is 20.3 Å². The smallest absolute Gasteiger partial charge is 0.243 e. The first-order valence-electron chi connectivity index (χ1n) is 12.2. The van der Waals surface area contributed by atoms with E-state index in [1.165, 1.54) is 0 Å². The first-order valence-corrected chi connectivity index (χ1v) is 12.7. The third-order valence-corrected chi connectivity index (χ3v) is 4.74. The number of carbonyl (C=O) groups excluding carboxylic acids is 4. The Balaban J connectivity index is 3.83. The summed E-state index contributed by atoms with van der Waals surface area (Å²) in [6, 6.07) is -0.861. The summed E-state index contributed by atoms with van der Waals surface area (Å²) >= 11 is 0. The van der Waals surface area contributed by atoms with Crippen molar-refractivity contribution in [2.45, 2.75) is 26.3 Å². The number of likely N-dealkylation sites (N-methyl/N-ethyl adjacent to an activating group) is 1. The molecule has 0 aromatic rings. The van der Waals surface area contributed by atoms with Gasteiger partial charge in [0.25, 0.3) is 0 Å². The molecule has 37 heavy (non-hydrogen) atoms. The van der Waals surface area contributed by atoms with Crippen molar-refractivity contribution in [2.75, 3.05) is 86.3 Å². The Bertz CT molecular complexity index is 644. The molecular weight excluding hydrogens is 509 g/mol. The van der Waals surface area contributed by atoms with Gasteiger partial charge in [0.05, 0.1) is 65.9 Å². The Kier molecular flexibility index (Phi) is 23.1. The Hall–Kier alpha value is -1.93. The van der Waals surface area contributed by atoms with Crippen LogP contribution in [0.15, 0.2) is 0 Å². The lowest BCUT2D eigenvalue weighted by molar-refractivity contribution is -0.132. The van der Waals surface area contributed by atoms with Gasteiger partial charge < -0.3 is 50.1 Å². The van der Waals surface area contributed by atoms with Crippen molar-refractivity contribution in [3.05, 3.63) is 0 Å². The van der Waals surface area contributed by atoms with Gasteiger partial charge in [0.2, 0.25) is 23.6 Å². The van der Waals surface area contributed by atoms with Crippen LogP contribution >= 0.6 is 9.47 Å². The second-order valence-electron chi connectivity index (χ2n) is 8.00. The van der Waals surface area contributed by atoms with E-state index >= 15 is 0 Å². The number of nitrogens with one attached hydrogen (secondary N) is 5. The highest BCUT2D eigenvalue weighted by Gasteiger charge is 2.24. The van der Waals surface area contributed by atoms with Crippen LogP contribution in [0.4, 0.5) is 0 Å². The highest BCUT2D eigenvalue weighted by Crippen LogP contribution is 2.01. The lowest BCUT2D eigenvalue weighted by Gasteiger charge is -2.21. The van der Waals surface area contributed by atoms with Crippen LogP contribution in [0.3, 0.4) is 0 Å². The van der Waals surface area contributed by atoms with Crippen molar-refractivity contribution in [2.24, 2.45) is 5.92 Å². The van der Waals surface area contributed by atoms with E-state index in [0.717, 1.165) is 6.54 Å². The maximum atomic E-state index is 12.3. The largest absolute Gasteiger partial charge is 0.379 e. The molecule has 14 nitrogen and oxygen atoms in total. The molecule has 0 aromatic heterocycles. The lowest BCUT2D eigenvalue weighted by Crippen LogP contribution is -2.53. The van der Waals surface area contributed by atoms with Crippen LogP contribution in [0.25, 0.3) is 0 Å². The average molecular weight is 554 g/mol. The summed E-state index contributed by atoms with van der Waals surface area (Å²) in [7, 11) is 3.85. The molecule has 0 bridgehead atoms. The monoisotopic (exact) mass is 553 g/mol. The predicted molar refractivity (Wildman–Crippen MR) is 138 cm³/mol. The molecule has 0 radical (unpaired) electrons. The normalized spacial score (nSPS) is 11.7. The van der Waals surface area contributed by atoms with Crippen molar-refractivity contribution in [1.82, 2.24) is 26.6 Å². The third kappa shape index (κ3) is 21.8. The van der Waals surface area contributed by atoms with E-state index in [0.29, 0.717) is 46.2 Å². The van der Waals surface area contributed by atoms with Crippen LogP contribution < -0.4 is 26.6 Å². The molecular formula is C22H44N5O9P. The second-order valence-corrected chi connectivity index (χ2v) is 8.33. The summed E-state index contributed by atoms with van der Waals surface area (Å²) in [5.41, 5.74) is 0. The fourth-order valence-electron chi connectivity index (χ4n) is 2.59. The molecule has 2 atom stereocenters. The van der Waals surface area contributed by atoms with Crippen molar-refractivity contribution < 1.29 is 42.6 Å². The fourth-order valence-corrected chi connectivity index (χ4v) is 2.67. The molecule has 0 aliphatic carbocycles. The summed E-state index contributed by atoms with van der Waals surface area (Å²) in [6.07, 6.45) is 0.0765. The Labute approximate surface area is 221 Å². The first-order chi connectivity index (χ1) is 17.8. The third-order valence-electron chi connectivity index (χ3n) is 4.57. The molecule has 0 aromatic carbocycles. The molecule has 0 aliphatic heterocycles. The van der Waals surface area contributed by atoms with Gasteiger partial charge in [0.15, 0.2) is 0 Å². The van der Waals surface area contributed by atoms with Crippen LogP contribution in [0, 0.1) is 5.92 Å². The van der Waals surface area contributed by atoms with Gasteiger partial charge in [-0.05, 0) is 13.0 Å². The van der Waals surface area contributed by atoms with E-state index in [1.54, 1.807) is 13.8 Å². The Morgan fingerprint density at radius 3 is 1.78 bits per heavy atom. The van der Waals surface area contributed by atoms with Crippen LogP contribution in [0.2, 0.25) is 0 Å². The van der Waals surface area contributed by atoms with Gasteiger partial charge in [-0.2, -0.15) is 0 Å². The lowest BCUT2D eigenvalue weighted by atomic mass is 10.0. The molecule has 216 valence electrons. The molecule has 0 fully saturated rings. The predicted octanol–water partition coefficient (Wildman–Crippen LogP) is -2.08. The van der Waals surface area contributed by atoms with E-state index in [4.69, 9.17) is 18.9 Å². The van der Waals surface area contributed by atoms with Crippen molar-refractivity contribution in [3.63, 3.8) is 0 Å². The van der Waals surface area contributed by atoms with E-state index in [2.05, 4.69) is 31.1 Å².